The van der Waals surface area contributed by atoms with Crippen LogP contribution in [0.1, 0.15) is 19.3 Å². The van der Waals surface area contributed by atoms with Crippen LogP contribution in [0.15, 0.2) is 12.1 Å². The van der Waals surface area contributed by atoms with Gasteiger partial charge in [0.15, 0.2) is 17.5 Å². The van der Waals surface area contributed by atoms with Gasteiger partial charge in [-0.3, -0.25) is 14.4 Å². The van der Waals surface area contributed by atoms with Gasteiger partial charge in [0.2, 0.25) is 11.8 Å². The van der Waals surface area contributed by atoms with Gasteiger partial charge in [0, 0.05) is 12.3 Å². The lowest BCUT2D eigenvalue weighted by atomic mass is 9.59. The molecule has 2 bridgehead atoms. The molecule has 1 aromatic carbocycles. The van der Waals surface area contributed by atoms with E-state index >= 15 is 0 Å². The van der Waals surface area contributed by atoms with E-state index in [0.29, 0.717) is 23.8 Å². The maximum absolute atomic E-state index is 14.0. The van der Waals surface area contributed by atoms with Crippen molar-refractivity contribution in [1.82, 2.24) is 0 Å². The molecule has 4 nitrogen and oxygen atoms in total. The predicted octanol–water partition coefficient (Wildman–Crippen LogP) is 2.21. The molecular formula is C16H12F3NO3. The maximum Gasteiger partial charge on any atom is 0.238 e. The van der Waals surface area contributed by atoms with Crippen LogP contribution in [0.5, 0.6) is 0 Å². The van der Waals surface area contributed by atoms with Gasteiger partial charge in [-0.25, -0.2) is 18.1 Å². The van der Waals surface area contributed by atoms with Crippen LogP contribution in [0.4, 0.5) is 18.9 Å². The summed E-state index contributed by atoms with van der Waals surface area (Å²) in [4.78, 5) is 37.8. The average molecular weight is 323 g/mol. The molecule has 120 valence electrons. The quantitative estimate of drug-likeness (QED) is 0.588. The lowest BCUT2D eigenvalue weighted by Gasteiger charge is -2.41. The largest absolute Gasteiger partial charge is 0.299 e. The summed E-state index contributed by atoms with van der Waals surface area (Å²) in [5.74, 6) is -8.25. The lowest BCUT2D eigenvalue weighted by Crippen LogP contribution is -2.46. The first kappa shape index (κ1) is 14.4. The van der Waals surface area contributed by atoms with Crippen LogP contribution in [-0.4, -0.2) is 17.6 Å². The summed E-state index contributed by atoms with van der Waals surface area (Å²) in [6.45, 7) is 0. The molecule has 0 spiro atoms. The van der Waals surface area contributed by atoms with Gasteiger partial charge in [-0.15, -0.1) is 0 Å². The molecule has 3 saturated carbocycles. The fraction of sp³-hybridized carbons (Fsp3) is 0.438. The van der Waals surface area contributed by atoms with Crippen LogP contribution in [0, 0.1) is 41.1 Å². The third-order valence-corrected chi connectivity index (χ3v) is 5.32. The monoisotopic (exact) mass is 323 g/mol. The number of imide groups is 1. The second-order valence-electron chi connectivity index (χ2n) is 6.37. The Balaban J connectivity index is 1.80. The Morgan fingerprint density at radius 2 is 1.61 bits per heavy atom. The summed E-state index contributed by atoms with van der Waals surface area (Å²) in [5, 5.41) is 0. The molecule has 4 fully saturated rings. The van der Waals surface area contributed by atoms with Crippen molar-refractivity contribution < 1.29 is 27.6 Å². The van der Waals surface area contributed by atoms with Gasteiger partial charge >= 0.3 is 0 Å². The minimum Gasteiger partial charge on any atom is -0.299 e. The van der Waals surface area contributed by atoms with Gasteiger partial charge in [-0.1, -0.05) is 0 Å². The normalized spacial score (nSPS) is 32.7. The van der Waals surface area contributed by atoms with Gasteiger partial charge in [-0.05, 0) is 30.9 Å². The predicted molar refractivity (Wildman–Crippen MR) is 71.6 cm³/mol. The zero-order valence-electron chi connectivity index (χ0n) is 11.9. The topological polar surface area (TPSA) is 54.5 Å². The summed E-state index contributed by atoms with van der Waals surface area (Å²) in [6, 6.07) is 1.56. The van der Waals surface area contributed by atoms with Crippen molar-refractivity contribution in [1.29, 1.82) is 0 Å². The summed E-state index contributed by atoms with van der Waals surface area (Å²) >= 11 is 0. The van der Waals surface area contributed by atoms with E-state index in [4.69, 9.17) is 0 Å². The van der Waals surface area contributed by atoms with E-state index in [2.05, 4.69) is 0 Å². The van der Waals surface area contributed by atoms with Crippen LogP contribution >= 0.6 is 0 Å². The number of Topliss-reactive ketones (excluding diaryl/α,β-unsaturated/α-hetero) is 1. The highest BCUT2D eigenvalue weighted by Crippen LogP contribution is 2.52. The Labute approximate surface area is 129 Å². The Morgan fingerprint density at radius 1 is 0.913 bits per heavy atom. The molecule has 1 aromatic rings. The summed E-state index contributed by atoms with van der Waals surface area (Å²) in [5.41, 5.74) is -0.583. The van der Waals surface area contributed by atoms with Crippen LogP contribution < -0.4 is 4.90 Å². The van der Waals surface area contributed by atoms with Crippen LogP contribution in [-0.2, 0) is 14.4 Å². The van der Waals surface area contributed by atoms with Crippen molar-refractivity contribution in [2.45, 2.75) is 19.3 Å². The molecule has 0 radical (unpaired) electrons. The number of halogens is 3. The van der Waals surface area contributed by atoms with Crippen molar-refractivity contribution >= 4 is 23.3 Å². The number of ketones is 1. The van der Waals surface area contributed by atoms with Crippen molar-refractivity contribution in [2.24, 2.45) is 23.7 Å². The molecular weight excluding hydrogens is 311 g/mol. The summed E-state index contributed by atoms with van der Waals surface area (Å²) in [6.07, 6.45) is 1.46. The smallest absolute Gasteiger partial charge is 0.238 e. The van der Waals surface area contributed by atoms with E-state index in [9.17, 15) is 27.6 Å². The Bertz CT molecular complexity index is 763. The van der Waals surface area contributed by atoms with Crippen molar-refractivity contribution in [2.75, 3.05) is 4.90 Å². The van der Waals surface area contributed by atoms with Gasteiger partial charge in [0.25, 0.3) is 0 Å². The molecule has 0 aromatic heterocycles. The molecule has 4 atom stereocenters. The van der Waals surface area contributed by atoms with Gasteiger partial charge in [0.05, 0.1) is 17.5 Å². The number of hydrogen-bond donors (Lipinski definition) is 0. The number of fused-ring (bicyclic) bond motifs is 2. The van der Waals surface area contributed by atoms with E-state index in [1.807, 2.05) is 0 Å². The molecule has 7 heteroatoms. The van der Waals surface area contributed by atoms with Crippen molar-refractivity contribution in [3.05, 3.63) is 29.6 Å². The molecule has 23 heavy (non-hydrogen) atoms. The number of anilines is 1. The number of carbonyl (C=O) groups excluding carboxylic acids is 3. The Morgan fingerprint density at radius 3 is 2.30 bits per heavy atom. The molecule has 5 rings (SSSR count). The molecule has 1 heterocycles. The third kappa shape index (κ3) is 1.76. The second kappa shape index (κ2) is 4.66. The SMILES string of the molecule is O=C1CC2CCC1C1C(=O)N(c3ccc(F)c(F)c3F)C(=O)C21. The highest BCUT2D eigenvalue weighted by Gasteiger charge is 2.61. The van der Waals surface area contributed by atoms with Crippen LogP contribution in [0.25, 0.3) is 0 Å². The molecule has 2 amide bonds. The highest BCUT2D eigenvalue weighted by atomic mass is 19.2. The second-order valence-corrected chi connectivity index (χ2v) is 6.37. The molecule has 1 saturated heterocycles. The maximum atomic E-state index is 14.0. The van der Waals surface area contributed by atoms with Gasteiger partial charge in [-0.2, -0.15) is 0 Å². The molecule has 3 aliphatic carbocycles. The first-order valence-electron chi connectivity index (χ1n) is 7.46. The number of hydrogen-bond acceptors (Lipinski definition) is 3. The van der Waals surface area contributed by atoms with E-state index in [1.165, 1.54) is 0 Å². The Hall–Kier alpha value is -2.18. The number of benzene rings is 1. The van der Waals surface area contributed by atoms with E-state index < -0.39 is 52.7 Å². The van der Waals surface area contributed by atoms with Crippen LogP contribution in [0.2, 0.25) is 0 Å². The fourth-order valence-electron chi connectivity index (χ4n) is 4.31. The first-order chi connectivity index (χ1) is 10.9. The molecule has 4 unspecified atom stereocenters. The number of amides is 2. The Kier molecular flexibility index (Phi) is 2.92. The van der Waals surface area contributed by atoms with E-state index in [-0.39, 0.29) is 18.1 Å². The fourth-order valence-corrected chi connectivity index (χ4v) is 4.31. The van der Waals surface area contributed by atoms with E-state index in [0.717, 1.165) is 6.07 Å². The zero-order chi connectivity index (χ0) is 16.5. The van der Waals surface area contributed by atoms with Gasteiger partial charge in [0.1, 0.15) is 5.78 Å². The number of nitrogens with zero attached hydrogens (tertiary/aromatic N) is 1. The molecule has 0 N–H and O–H groups in total. The minimum absolute atomic E-state index is 0.0451. The number of rotatable bonds is 1. The molecule has 4 aliphatic rings. The zero-order valence-corrected chi connectivity index (χ0v) is 11.9. The first-order valence-corrected chi connectivity index (χ1v) is 7.46. The van der Waals surface area contributed by atoms with E-state index in [1.54, 1.807) is 0 Å². The molecule has 1 aliphatic heterocycles. The third-order valence-electron chi connectivity index (χ3n) is 5.32. The summed E-state index contributed by atoms with van der Waals surface area (Å²) in [7, 11) is 0. The van der Waals surface area contributed by atoms with Gasteiger partial charge < -0.3 is 0 Å². The standard InChI is InChI=1S/C16H12F3NO3/c17-8-3-4-9(14(19)13(8)18)20-15(22)11-6-1-2-7(10(21)5-6)12(11)16(20)23/h3-4,6-7,11-12H,1-2,5H2. The average Bonchev–Trinajstić information content (AvgIpc) is 2.80. The number of carbonyl (C=O) groups is 3. The summed E-state index contributed by atoms with van der Waals surface area (Å²) < 4.78 is 40.5. The van der Waals surface area contributed by atoms with Crippen molar-refractivity contribution in [3.63, 3.8) is 0 Å². The highest BCUT2D eigenvalue weighted by molar-refractivity contribution is 6.23. The minimum atomic E-state index is -1.72. The van der Waals surface area contributed by atoms with Crippen LogP contribution in [0.3, 0.4) is 0 Å². The lowest BCUT2D eigenvalue weighted by molar-refractivity contribution is -0.143. The van der Waals surface area contributed by atoms with Crippen molar-refractivity contribution in [3.8, 4) is 0 Å².